The molecule has 0 bridgehead atoms. The Bertz CT molecular complexity index is 400. The van der Waals surface area contributed by atoms with E-state index < -0.39 is 0 Å². The van der Waals surface area contributed by atoms with E-state index in [1.807, 2.05) is 24.3 Å². The van der Waals surface area contributed by atoms with Crippen molar-refractivity contribution >= 4 is 17.5 Å². The van der Waals surface area contributed by atoms with Crippen molar-refractivity contribution in [3.05, 3.63) is 34.9 Å². The average molecular weight is 269 g/mol. The van der Waals surface area contributed by atoms with E-state index in [9.17, 15) is 4.79 Å². The van der Waals surface area contributed by atoms with Crippen LogP contribution in [0.3, 0.4) is 0 Å². The molecule has 98 valence electrons. The summed E-state index contributed by atoms with van der Waals surface area (Å²) in [6, 6.07) is 8.03. The summed E-state index contributed by atoms with van der Waals surface area (Å²) in [4.78, 5) is 11.4. The summed E-state index contributed by atoms with van der Waals surface area (Å²) in [7, 11) is 1.62. The third-order valence-electron chi connectivity index (χ3n) is 3.02. The molecule has 1 fully saturated rings. The topological polar surface area (TPSA) is 50.4 Å². The molecule has 0 spiro atoms. The van der Waals surface area contributed by atoms with E-state index in [1.165, 1.54) is 5.56 Å². The summed E-state index contributed by atoms with van der Waals surface area (Å²) >= 11 is 5.84. The lowest BCUT2D eigenvalue weighted by Crippen LogP contribution is -2.52. The van der Waals surface area contributed by atoms with Gasteiger partial charge in [0.1, 0.15) is 6.10 Å². The van der Waals surface area contributed by atoms with Crippen LogP contribution in [0, 0.1) is 0 Å². The largest absolute Gasteiger partial charge is 0.365 e. The molecule has 1 aliphatic rings. The summed E-state index contributed by atoms with van der Waals surface area (Å²) in [6.07, 6.45) is 0.494. The first-order valence-corrected chi connectivity index (χ1v) is 6.38. The van der Waals surface area contributed by atoms with Gasteiger partial charge >= 0.3 is 0 Å². The molecule has 1 amide bonds. The minimum absolute atomic E-state index is 0.0764. The lowest BCUT2D eigenvalue weighted by atomic mass is 10.1. The van der Waals surface area contributed by atoms with Crippen molar-refractivity contribution in [2.24, 2.45) is 0 Å². The fraction of sp³-hybridized carbons (Fsp3) is 0.462. The van der Waals surface area contributed by atoms with E-state index in [2.05, 4.69) is 10.6 Å². The Hall–Kier alpha value is -1.10. The first kappa shape index (κ1) is 13.3. The molecule has 1 aliphatic heterocycles. The third kappa shape index (κ3) is 3.45. The maximum absolute atomic E-state index is 11.4. The van der Waals surface area contributed by atoms with E-state index >= 15 is 0 Å². The second-order valence-corrected chi connectivity index (χ2v) is 4.81. The quantitative estimate of drug-likeness (QED) is 0.860. The molecule has 2 N–H and O–H groups in total. The van der Waals surface area contributed by atoms with Crippen molar-refractivity contribution in [3.8, 4) is 0 Å². The SMILES string of the molecule is CNC(=O)C1CNC(Cc2ccc(Cl)cc2)CO1. The molecule has 0 aromatic heterocycles. The average Bonchev–Trinajstić information content (AvgIpc) is 2.41. The summed E-state index contributed by atoms with van der Waals surface area (Å²) in [5.41, 5.74) is 1.21. The number of amides is 1. The molecule has 1 aromatic rings. The van der Waals surface area contributed by atoms with Crippen LogP contribution in [-0.4, -0.2) is 38.3 Å². The van der Waals surface area contributed by atoms with Crippen LogP contribution >= 0.6 is 11.6 Å². The number of morpholine rings is 1. The molecule has 5 heteroatoms. The van der Waals surface area contributed by atoms with Gasteiger partial charge in [0.05, 0.1) is 6.61 Å². The second-order valence-electron chi connectivity index (χ2n) is 4.37. The number of rotatable bonds is 3. The molecule has 1 saturated heterocycles. The fourth-order valence-electron chi connectivity index (χ4n) is 1.99. The van der Waals surface area contributed by atoms with Crippen LogP contribution in [0.15, 0.2) is 24.3 Å². The number of carbonyl (C=O) groups is 1. The van der Waals surface area contributed by atoms with Crippen molar-refractivity contribution in [2.45, 2.75) is 18.6 Å². The molecule has 18 heavy (non-hydrogen) atoms. The van der Waals surface area contributed by atoms with Crippen LogP contribution in [0.1, 0.15) is 5.56 Å². The molecule has 0 aliphatic carbocycles. The summed E-state index contributed by atoms with van der Waals surface area (Å²) in [5, 5.41) is 6.66. The Morgan fingerprint density at radius 2 is 2.22 bits per heavy atom. The number of benzene rings is 1. The predicted octanol–water partition coefficient (Wildman–Crippen LogP) is 0.986. The van der Waals surface area contributed by atoms with Gasteiger partial charge in [-0.1, -0.05) is 23.7 Å². The molecule has 2 unspecified atom stereocenters. The molecule has 0 radical (unpaired) electrons. The van der Waals surface area contributed by atoms with Gasteiger partial charge in [-0.2, -0.15) is 0 Å². The van der Waals surface area contributed by atoms with Crippen LogP contribution in [0.5, 0.6) is 0 Å². The van der Waals surface area contributed by atoms with E-state index in [4.69, 9.17) is 16.3 Å². The van der Waals surface area contributed by atoms with Crippen molar-refractivity contribution in [1.82, 2.24) is 10.6 Å². The summed E-state index contributed by atoms with van der Waals surface area (Å²) in [6.45, 7) is 1.10. The zero-order valence-electron chi connectivity index (χ0n) is 10.3. The zero-order chi connectivity index (χ0) is 13.0. The van der Waals surface area contributed by atoms with Crippen molar-refractivity contribution in [3.63, 3.8) is 0 Å². The van der Waals surface area contributed by atoms with Gasteiger partial charge in [-0.15, -0.1) is 0 Å². The number of carbonyl (C=O) groups excluding carboxylic acids is 1. The Kier molecular flexibility index (Phi) is 4.58. The van der Waals surface area contributed by atoms with Gasteiger partial charge in [0, 0.05) is 24.7 Å². The van der Waals surface area contributed by atoms with Crippen LogP contribution < -0.4 is 10.6 Å². The van der Waals surface area contributed by atoms with Gasteiger partial charge in [0.25, 0.3) is 0 Å². The molecule has 0 saturated carbocycles. The first-order valence-electron chi connectivity index (χ1n) is 6.00. The third-order valence-corrected chi connectivity index (χ3v) is 3.28. The predicted molar refractivity (Wildman–Crippen MR) is 70.8 cm³/mol. The molecule has 1 aromatic carbocycles. The Morgan fingerprint density at radius 1 is 1.50 bits per heavy atom. The number of likely N-dealkylation sites (N-methyl/N-ethyl adjacent to an activating group) is 1. The van der Waals surface area contributed by atoms with Crippen molar-refractivity contribution < 1.29 is 9.53 Å². The molecular weight excluding hydrogens is 252 g/mol. The number of halogens is 1. The highest BCUT2D eigenvalue weighted by Gasteiger charge is 2.25. The van der Waals surface area contributed by atoms with Crippen LogP contribution in [-0.2, 0) is 16.0 Å². The maximum Gasteiger partial charge on any atom is 0.250 e. The molecule has 2 rings (SSSR count). The summed E-state index contributed by atoms with van der Waals surface area (Å²) < 4.78 is 5.54. The van der Waals surface area contributed by atoms with E-state index in [-0.39, 0.29) is 18.1 Å². The highest BCUT2D eigenvalue weighted by Crippen LogP contribution is 2.12. The molecule has 4 nitrogen and oxygen atoms in total. The lowest BCUT2D eigenvalue weighted by Gasteiger charge is -2.29. The van der Waals surface area contributed by atoms with Gasteiger partial charge in [-0.3, -0.25) is 4.79 Å². The number of ether oxygens (including phenoxy) is 1. The highest BCUT2D eigenvalue weighted by atomic mass is 35.5. The Morgan fingerprint density at radius 3 is 2.78 bits per heavy atom. The lowest BCUT2D eigenvalue weighted by molar-refractivity contribution is -0.135. The Balaban J connectivity index is 1.83. The number of hydrogen-bond acceptors (Lipinski definition) is 3. The second kappa shape index (κ2) is 6.18. The standard InChI is InChI=1S/C13H17ClN2O2/c1-15-13(17)12-7-16-11(8-18-12)6-9-2-4-10(14)5-3-9/h2-5,11-12,16H,6-8H2,1H3,(H,15,17). The van der Waals surface area contributed by atoms with E-state index in [0.717, 1.165) is 11.4 Å². The van der Waals surface area contributed by atoms with Gasteiger partial charge in [0.15, 0.2) is 0 Å². The summed E-state index contributed by atoms with van der Waals surface area (Å²) in [5.74, 6) is -0.0764. The van der Waals surface area contributed by atoms with Crippen LogP contribution in [0.4, 0.5) is 0 Å². The molecule has 2 atom stereocenters. The highest BCUT2D eigenvalue weighted by molar-refractivity contribution is 6.30. The number of nitrogens with one attached hydrogen (secondary N) is 2. The smallest absolute Gasteiger partial charge is 0.250 e. The van der Waals surface area contributed by atoms with Crippen LogP contribution in [0.2, 0.25) is 5.02 Å². The normalized spacial score (nSPS) is 23.7. The van der Waals surface area contributed by atoms with Gasteiger partial charge in [-0.25, -0.2) is 0 Å². The number of hydrogen-bond donors (Lipinski definition) is 2. The zero-order valence-corrected chi connectivity index (χ0v) is 11.0. The van der Waals surface area contributed by atoms with E-state index in [1.54, 1.807) is 7.05 Å². The molecular formula is C13H17ClN2O2. The van der Waals surface area contributed by atoms with Gasteiger partial charge < -0.3 is 15.4 Å². The minimum atomic E-state index is -0.378. The Labute approximate surface area is 112 Å². The fourth-order valence-corrected chi connectivity index (χ4v) is 2.12. The van der Waals surface area contributed by atoms with Gasteiger partial charge in [0.2, 0.25) is 5.91 Å². The van der Waals surface area contributed by atoms with Crippen molar-refractivity contribution in [2.75, 3.05) is 20.2 Å². The maximum atomic E-state index is 11.4. The van der Waals surface area contributed by atoms with E-state index in [0.29, 0.717) is 13.2 Å². The minimum Gasteiger partial charge on any atom is -0.365 e. The van der Waals surface area contributed by atoms with Crippen molar-refractivity contribution in [1.29, 1.82) is 0 Å². The molecule has 1 heterocycles. The van der Waals surface area contributed by atoms with Crippen LogP contribution in [0.25, 0.3) is 0 Å². The van der Waals surface area contributed by atoms with Gasteiger partial charge in [-0.05, 0) is 24.1 Å². The monoisotopic (exact) mass is 268 g/mol. The first-order chi connectivity index (χ1) is 8.69.